The third-order valence-electron chi connectivity index (χ3n) is 4.71. The molecule has 2 aromatic rings. The van der Waals surface area contributed by atoms with Crippen molar-refractivity contribution in [2.24, 2.45) is 0 Å². The molecule has 0 radical (unpaired) electrons. The van der Waals surface area contributed by atoms with Crippen LogP contribution in [0.4, 0.5) is 10.3 Å². The summed E-state index contributed by atoms with van der Waals surface area (Å²) >= 11 is 0. The number of carbonyl (C=O) groups excluding carboxylic acids is 1. The normalized spacial score (nSPS) is 14.4. The van der Waals surface area contributed by atoms with Gasteiger partial charge in [-0.05, 0) is 25.2 Å². The van der Waals surface area contributed by atoms with E-state index in [1.54, 1.807) is 30.6 Å². The molecule has 0 aliphatic carbocycles. The molecule has 0 spiro atoms. The third kappa shape index (κ3) is 5.88. The van der Waals surface area contributed by atoms with E-state index < -0.39 is 0 Å². The lowest BCUT2D eigenvalue weighted by atomic mass is 10.2. The molecule has 7 nitrogen and oxygen atoms in total. The maximum atomic E-state index is 13.1. The standard InChI is InChI=1S/C20H26FN5O2/c1-24(14-15-28-18-5-2-4-17(21)16-18)9-6-19(27)25-10-12-26(13-11-25)20-22-7-3-8-23-20/h2-5,7-8,16H,6,9-15H2,1H3. The second-order valence-electron chi connectivity index (χ2n) is 6.78. The predicted molar refractivity (Wildman–Crippen MR) is 105 cm³/mol. The molecule has 0 N–H and O–H groups in total. The SMILES string of the molecule is CN(CCOc1cccc(F)c1)CCC(=O)N1CCN(c2ncccn2)CC1. The Morgan fingerprint density at radius 2 is 1.89 bits per heavy atom. The van der Waals surface area contributed by atoms with Crippen molar-refractivity contribution in [3.05, 3.63) is 48.5 Å². The number of benzene rings is 1. The Kier molecular flexibility index (Phi) is 7.13. The molecule has 1 aliphatic rings. The first-order valence-corrected chi connectivity index (χ1v) is 9.48. The van der Waals surface area contributed by atoms with E-state index in [1.165, 1.54) is 12.1 Å². The van der Waals surface area contributed by atoms with Gasteiger partial charge in [-0.25, -0.2) is 14.4 Å². The molecule has 0 atom stereocenters. The molecule has 1 aromatic heterocycles. The number of ether oxygens (including phenoxy) is 1. The molecule has 3 rings (SSSR count). The fraction of sp³-hybridized carbons (Fsp3) is 0.450. The zero-order valence-corrected chi connectivity index (χ0v) is 16.1. The summed E-state index contributed by atoms with van der Waals surface area (Å²) in [7, 11) is 1.95. The minimum atomic E-state index is -0.310. The van der Waals surface area contributed by atoms with E-state index in [2.05, 4.69) is 14.9 Å². The first-order valence-electron chi connectivity index (χ1n) is 9.48. The Bertz CT molecular complexity index is 753. The zero-order chi connectivity index (χ0) is 19.8. The smallest absolute Gasteiger partial charge is 0.225 e. The first-order chi connectivity index (χ1) is 13.6. The van der Waals surface area contributed by atoms with Crippen molar-refractivity contribution in [1.82, 2.24) is 19.8 Å². The Labute approximate surface area is 164 Å². The largest absolute Gasteiger partial charge is 0.492 e. The summed E-state index contributed by atoms with van der Waals surface area (Å²) in [5.41, 5.74) is 0. The predicted octanol–water partition coefficient (Wildman–Crippen LogP) is 1.67. The summed E-state index contributed by atoms with van der Waals surface area (Å²) in [5.74, 6) is 1.08. The number of piperazine rings is 1. The van der Waals surface area contributed by atoms with E-state index in [0.29, 0.717) is 50.9 Å². The van der Waals surface area contributed by atoms with Crippen molar-refractivity contribution in [2.45, 2.75) is 6.42 Å². The average molecular weight is 387 g/mol. The fourth-order valence-corrected chi connectivity index (χ4v) is 3.04. The minimum absolute atomic E-state index is 0.159. The van der Waals surface area contributed by atoms with Crippen LogP contribution in [0.1, 0.15) is 6.42 Å². The van der Waals surface area contributed by atoms with Gasteiger partial charge in [0, 0.05) is 64.1 Å². The van der Waals surface area contributed by atoms with Crippen LogP contribution in [-0.4, -0.2) is 78.6 Å². The third-order valence-corrected chi connectivity index (χ3v) is 4.71. The molecule has 2 heterocycles. The van der Waals surface area contributed by atoms with Crippen molar-refractivity contribution in [1.29, 1.82) is 0 Å². The number of hydrogen-bond donors (Lipinski definition) is 0. The van der Waals surface area contributed by atoms with Crippen molar-refractivity contribution >= 4 is 11.9 Å². The van der Waals surface area contributed by atoms with E-state index >= 15 is 0 Å². The molecule has 1 saturated heterocycles. The summed E-state index contributed by atoms with van der Waals surface area (Å²) in [6, 6.07) is 7.90. The summed E-state index contributed by atoms with van der Waals surface area (Å²) in [4.78, 5) is 27.0. The molecule has 8 heteroatoms. The van der Waals surface area contributed by atoms with E-state index in [-0.39, 0.29) is 11.7 Å². The van der Waals surface area contributed by atoms with Gasteiger partial charge in [-0.3, -0.25) is 4.79 Å². The van der Waals surface area contributed by atoms with Gasteiger partial charge in [-0.1, -0.05) is 6.07 Å². The van der Waals surface area contributed by atoms with E-state index in [4.69, 9.17) is 4.74 Å². The maximum Gasteiger partial charge on any atom is 0.225 e. The van der Waals surface area contributed by atoms with Gasteiger partial charge in [-0.15, -0.1) is 0 Å². The van der Waals surface area contributed by atoms with Gasteiger partial charge in [0.1, 0.15) is 18.2 Å². The Morgan fingerprint density at radius 1 is 1.14 bits per heavy atom. The lowest BCUT2D eigenvalue weighted by Crippen LogP contribution is -2.49. The Morgan fingerprint density at radius 3 is 2.61 bits per heavy atom. The van der Waals surface area contributed by atoms with Gasteiger partial charge in [0.2, 0.25) is 11.9 Å². The Hall–Kier alpha value is -2.74. The molecule has 0 bridgehead atoms. The quantitative estimate of drug-likeness (QED) is 0.687. The van der Waals surface area contributed by atoms with Crippen molar-refractivity contribution in [3.8, 4) is 5.75 Å². The minimum Gasteiger partial charge on any atom is -0.492 e. The lowest BCUT2D eigenvalue weighted by molar-refractivity contribution is -0.131. The molecule has 0 unspecified atom stereocenters. The highest BCUT2D eigenvalue weighted by atomic mass is 19.1. The topological polar surface area (TPSA) is 61.8 Å². The molecule has 0 saturated carbocycles. The summed E-state index contributed by atoms with van der Waals surface area (Å²) < 4.78 is 18.7. The van der Waals surface area contributed by atoms with Crippen LogP contribution in [0.2, 0.25) is 0 Å². The molecule has 1 aromatic carbocycles. The van der Waals surface area contributed by atoms with Gasteiger partial charge < -0.3 is 19.4 Å². The van der Waals surface area contributed by atoms with Crippen molar-refractivity contribution in [2.75, 3.05) is 57.8 Å². The highest BCUT2D eigenvalue weighted by Gasteiger charge is 2.22. The Balaban J connectivity index is 1.33. The second kappa shape index (κ2) is 9.98. The maximum absolute atomic E-state index is 13.1. The average Bonchev–Trinajstić information content (AvgIpc) is 2.73. The number of aromatic nitrogens is 2. The van der Waals surface area contributed by atoms with E-state index in [0.717, 1.165) is 13.1 Å². The van der Waals surface area contributed by atoms with Crippen LogP contribution >= 0.6 is 0 Å². The number of nitrogens with zero attached hydrogens (tertiary/aromatic N) is 5. The number of hydrogen-bond acceptors (Lipinski definition) is 6. The highest BCUT2D eigenvalue weighted by Crippen LogP contribution is 2.12. The zero-order valence-electron chi connectivity index (χ0n) is 16.1. The van der Waals surface area contributed by atoms with Crippen LogP contribution in [0.25, 0.3) is 0 Å². The molecule has 1 fully saturated rings. The van der Waals surface area contributed by atoms with Crippen LogP contribution in [-0.2, 0) is 4.79 Å². The van der Waals surface area contributed by atoms with Crippen LogP contribution < -0.4 is 9.64 Å². The molecular formula is C20H26FN5O2. The van der Waals surface area contributed by atoms with Crippen LogP contribution in [0, 0.1) is 5.82 Å². The first kappa shape index (κ1) is 20.0. The van der Waals surface area contributed by atoms with E-state index in [9.17, 15) is 9.18 Å². The summed E-state index contributed by atoms with van der Waals surface area (Å²) in [6.45, 7) is 4.63. The molecule has 150 valence electrons. The van der Waals surface area contributed by atoms with Crippen LogP contribution in [0.5, 0.6) is 5.75 Å². The summed E-state index contributed by atoms with van der Waals surface area (Å²) in [5, 5.41) is 0. The number of rotatable bonds is 8. The number of amides is 1. The molecule has 1 amide bonds. The van der Waals surface area contributed by atoms with Crippen molar-refractivity contribution < 1.29 is 13.9 Å². The van der Waals surface area contributed by atoms with Gasteiger partial charge in [0.25, 0.3) is 0 Å². The van der Waals surface area contributed by atoms with Crippen molar-refractivity contribution in [3.63, 3.8) is 0 Å². The monoisotopic (exact) mass is 387 g/mol. The second-order valence-corrected chi connectivity index (χ2v) is 6.78. The van der Waals surface area contributed by atoms with Gasteiger partial charge in [-0.2, -0.15) is 0 Å². The number of likely N-dealkylation sites (N-methyl/N-ethyl adjacent to an activating group) is 1. The van der Waals surface area contributed by atoms with Crippen LogP contribution in [0.3, 0.4) is 0 Å². The summed E-state index contributed by atoms with van der Waals surface area (Å²) in [6.07, 6.45) is 3.93. The van der Waals surface area contributed by atoms with Crippen LogP contribution in [0.15, 0.2) is 42.7 Å². The molecule has 1 aliphatic heterocycles. The fourth-order valence-electron chi connectivity index (χ4n) is 3.04. The van der Waals surface area contributed by atoms with E-state index in [1.807, 2.05) is 16.8 Å². The van der Waals surface area contributed by atoms with Gasteiger partial charge in [0.05, 0.1) is 0 Å². The number of halogens is 1. The highest BCUT2D eigenvalue weighted by molar-refractivity contribution is 5.76. The number of anilines is 1. The number of carbonyl (C=O) groups is 1. The van der Waals surface area contributed by atoms with Gasteiger partial charge >= 0.3 is 0 Å². The van der Waals surface area contributed by atoms with Gasteiger partial charge in [0.15, 0.2) is 0 Å². The molecular weight excluding hydrogens is 361 g/mol. The lowest BCUT2D eigenvalue weighted by Gasteiger charge is -2.35. The molecule has 28 heavy (non-hydrogen) atoms.